The zero-order chi connectivity index (χ0) is 15.5. The maximum absolute atomic E-state index is 4.59. The maximum atomic E-state index is 4.59. The summed E-state index contributed by atoms with van der Waals surface area (Å²) in [7, 11) is 0. The van der Waals surface area contributed by atoms with E-state index in [9.17, 15) is 0 Å². The molecule has 0 saturated heterocycles. The fraction of sp³-hybridized carbons (Fsp3) is 0.625. The lowest BCUT2D eigenvalue weighted by atomic mass is 10.4. The highest BCUT2D eigenvalue weighted by atomic mass is 15.3. The van der Waals surface area contributed by atoms with E-state index in [0.29, 0.717) is 0 Å². The monoisotopic (exact) mass is 291 g/mol. The van der Waals surface area contributed by atoms with Crippen molar-refractivity contribution in [2.75, 3.05) is 19.6 Å². The zero-order valence-electron chi connectivity index (χ0n) is 13.8. The molecular weight excluding hydrogens is 262 g/mol. The van der Waals surface area contributed by atoms with Gasteiger partial charge in [-0.05, 0) is 46.6 Å². The second-order valence-electron chi connectivity index (χ2n) is 5.05. The van der Waals surface area contributed by atoms with Crippen molar-refractivity contribution in [2.24, 2.45) is 4.99 Å². The Balaban J connectivity index is 2.34. The van der Waals surface area contributed by atoms with Gasteiger partial charge >= 0.3 is 0 Å². The summed E-state index contributed by atoms with van der Waals surface area (Å²) in [5.74, 6) is 0.898. The summed E-state index contributed by atoms with van der Waals surface area (Å²) in [5, 5.41) is 11.1. The van der Waals surface area contributed by atoms with Gasteiger partial charge in [0.25, 0.3) is 0 Å². The molecule has 0 aliphatic carbocycles. The average molecular weight is 291 g/mol. The van der Waals surface area contributed by atoms with Crippen LogP contribution in [-0.2, 0) is 6.54 Å². The molecule has 0 aliphatic rings. The first-order chi connectivity index (χ1) is 10.2. The molecule has 2 N–H and O–H groups in total. The van der Waals surface area contributed by atoms with Crippen molar-refractivity contribution < 1.29 is 0 Å². The Morgan fingerprint density at radius 3 is 2.81 bits per heavy atom. The topological polar surface area (TPSA) is 54.2 Å². The van der Waals surface area contributed by atoms with E-state index >= 15 is 0 Å². The standard InChI is InChI=1S/C16H29N5/c1-5-7-8-10-18-16(17-6-2)19-11-9-12-21-15(4)13-14(3)20-21/h5,7,13H,6,8-12H2,1-4H3,(H2,17,18,19)/b7-5+. The molecule has 1 aromatic rings. The number of hydrogen-bond acceptors (Lipinski definition) is 2. The van der Waals surface area contributed by atoms with Gasteiger partial charge in [-0.15, -0.1) is 0 Å². The zero-order valence-corrected chi connectivity index (χ0v) is 13.8. The van der Waals surface area contributed by atoms with Crippen LogP contribution in [0, 0.1) is 13.8 Å². The van der Waals surface area contributed by atoms with E-state index in [1.807, 2.05) is 13.8 Å². The van der Waals surface area contributed by atoms with Gasteiger partial charge in [0.15, 0.2) is 5.96 Å². The van der Waals surface area contributed by atoms with Gasteiger partial charge in [0.05, 0.1) is 5.69 Å². The van der Waals surface area contributed by atoms with Gasteiger partial charge in [0.1, 0.15) is 0 Å². The van der Waals surface area contributed by atoms with Crippen molar-refractivity contribution in [3.63, 3.8) is 0 Å². The minimum atomic E-state index is 0.803. The Hall–Kier alpha value is -1.78. The first-order valence-corrected chi connectivity index (χ1v) is 7.81. The largest absolute Gasteiger partial charge is 0.357 e. The van der Waals surface area contributed by atoms with Crippen LogP contribution in [0.4, 0.5) is 0 Å². The SMILES string of the molecule is C/C=C/CCNC(=NCCCn1nc(C)cc1C)NCC. The number of aromatic nitrogens is 2. The molecule has 118 valence electrons. The van der Waals surface area contributed by atoms with Crippen LogP contribution in [0.5, 0.6) is 0 Å². The van der Waals surface area contributed by atoms with Crippen molar-refractivity contribution >= 4 is 5.96 Å². The Bertz CT molecular complexity index is 459. The number of aryl methyl sites for hydroxylation is 3. The Morgan fingerprint density at radius 2 is 2.19 bits per heavy atom. The van der Waals surface area contributed by atoms with E-state index in [1.165, 1.54) is 5.69 Å². The lowest BCUT2D eigenvalue weighted by molar-refractivity contribution is 0.567. The van der Waals surface area contributed by atoms with Crippen LogP contribution in [0.3, 0.4) is 0 Å². The van der Waals surface area contributed by atoms with Crippen molar-refractivity contribution in [2.45, 2.75) is 47.1 Å². The third-order valence-corrected chi connectivity index (χ3v) is 3.08. The van der Waals surface area contributed by atoms with E-state index in [1.54, 1.807) is 0 Å². The Morgan fingerprint density at radius 1 is 1.38 bits per heavy atom. The molecule has 0 atom stereocenters. The van der Waals surface area contributed by atoms with Crippen LogP contribution in [0.2, 0.25) is 0 Å². The van der Waals surface area contributed by atoms with Crippen molar-refractivity contribution in [3.05, 3.63) is 29.6 Å². The molecule has 5 nitrogen and oxygen atoms in total. The minimum Gasteiger partial charge on any atom is -0.357 e. The summed E-state index contributed by atoms with van der Waals surface area (Å²) >= 11 is 0. The maximum Gasteiger partial charge on any atom is 0.191 e. The minimum absolute atomic E-state index is 0.803. The average Bonchev–Trinajstić information content (AvgIpc) is 2.77. The van der Waals surface area contributed by atoms with Gasteiger partial charge in [-0.3, -0.25) is 9.67 Å². The highest BCUT2D eigenvalue weighted by Gasteiger charge is 2.00. The number of nitrogens with one attached hydrogen (secondary N) is 2. The fourth-order valence-corrected chi connectivity index (χ4v) is 2.09. The highest BCUT2D eigenvalue weighted by Crippen LogP contribution is 2.02. The van der Waals surface area contributed by atoms with Gasteiger partial charge in [-0.25, -0.2) is 0 Å². The quantitative estimate of drug-likeness (QED) is 0.335. The number of hydrogen-bond donors (Lipinski definition) is 2. The van der Waals surface area contributed by atoms with Gasteiger partial charge in [0.2, 0.25) is 0 Å². The molecule has 0 aliphatic heterocycles. The molecule has 5 heteroatoms. The summed E-state index contributed by atoms with van der Waals surface area (Å²) in [4.78, 5) is 4.59. The predicted molar refractivity (Wildman–Crippen MR) is 89.7 cm³/mol. The van der Waals surface area contributed by atoms with Gasteiger partial charge < -0.3 is 10.6 Å². The molecule has 0 spiro atoms. The lowest BCUT2D eigenvalue weighted by Gasteiger charge is -2.10. The smallest absolute Gasteiger partial charge is 0.191 e. The van der Waals surface area contributed by atoms with Crippen molar-refractivity contribution in [3.8, 4) is 0 Å². The summed E-state index contributed by atoms with van der Waals surface area (Å²) in [6.07, 6.45) is 6.24. The molecule has 1 heterocycles. The molecule has 0 saturated carbocycles. The van der Waals surface area contributed by atoms with Crippen LogP contribution < -0.4 is 10.6 Å². The first-order valence-electron chi connectivity index (χ1n) is 7.81. The third kappa shape index (κ3) is 6.97. The molecule has 0 aromatic carbocycles. The highest BCUT2D eigenvalue weighted by molar-refractivity contribution is 5.79. The van der Waals surface area contributed by atoms with E-state index < -0.39 is 0 Å². The van der Waals surface area contributed by atoms with Crippen LogP contribution in [0.25, 0.3) is 0 Å². The first kappa shape index (κ1) is 17.3. The van der Waals surface area contributed by atoms with Crippen LogP contribution >= 0.6 is 0 Å². The van der Waals surface area contributed by atoms with Crippen molar-refractivity contribution in [1.82, 2.24) is 20.4 Å². The predicted octanol–water partition coefficient (Wildman–Crippen LogP) is 2.41. The molecular formula is C16H29N5. The fourth-order valence-electron chi connectivity index (χ4n) is 2.09. The van der Waals surface area contributed by atoms with E-state index in [-0.39, 0.29) is 0 Å². The summed E-state index contributed by atoms with van der Waals surface area (Å²) in [5.41, 5.74) is 2.29. The number of guanidine groups is 1. The molecule has 1 aromatic heterocycles. The normalized spacial score (nSPS) is 12.1. The van der Waals surface area contributed by atoms with Gasteiger partial charge in [0, 0.05) is 31.9 Å². The summed E-state index contributed by atoms with van der Waals surface area (Å²) < 4.78 is 2.05. The molecule has 21 heavy (non-hydrogen) atoms. The second kappa shape index (κ2) is 10.0. The molecule has 0 amide bonds. The molecule has 0 unspecified atom stereocenters. The molecule has 1 rings (SSSR count). The number of nitrogens with zero attached hydrogens (tertiary/aromatic N) is 3. The number of rotatable bonds is 8. The van der Waals surface area contributed by atoms with E-state index in [2.05, 4.69) is 57.5 Å². The van der Waals surface area contributed by atoms with Gasteiger partial charge in [-0.1, -0.05) is 12.2 Å². The summed E-state index contributed by atoms with van der Waals surface area (Å²) in [6.45, 7) is 11.8. The van der Waals surface area contributed by atoms with E-state index in [0.717, 1.165) is 50.7 Å². The van der Waals surface area contributed by atoms with E-state index in [4.69, 9.17) is 0 Å². The number of allylic oxidation sites excluding steroid dienone is 1. The van der Waals surface area contributed by atoms with Crippen molar-refractivity contribution in [1.29, 1.82) is 0 Å². The Labute approximate surface area is 128 Å². The van der Waals surface area contributed by atoms with Crippen LogP contribution in [0.1, 0.15) is 38.1 Å². The van der Waals surface area contributed by atoms with Crippen LogP contribution in [-0.4, -0.2) is 35.4 Å². The third-order valence-electron chi connectivity index (χ3n) is 3.08. The van der Waals surface area contributed by atoms with Crippen LogP contribution in [0.15, 0.2) is 23.2 Å². The summed E-state index contributed by atoms with van der Waals surface area (Å²) in [6, 6.07) is 2.11. The molecule has 0 radical (unpaired) electrons. The second-order valence-corrected chi connectivity index (χ2v) is 5.05. The lowest BCUT2D eigenvalue weighted by Crippen LogP contribution is -2.37. The Kier molecular flexibility index (Phi) is 8.24. The molecule has 0 bridgehead atoms. The molecule has 0 fully saturated rings. The van der Waals surface area contributed by atoms with Gasteiger partial charge in [-0.2, -0.15) is 5.10 Å². The number of aliphatic imine (C=N–C) groups is 1.